The van der Waals surface area contributed by atoms with Gasteiger partial charge in [-0.15, -0.1) is 0 Å². The van der Waals surface area contributed by atoms with E-state index in [0.29, 0.717) is 12.8 Å². The maximum absolute atomic E-state index is 12.4. The second-order valence-electron chi connectivity index (χ2n) is 10.1. The van der Waals surface area contributed by atoms with Gasteiger partial charge >= 0.3 is 11.7 Å². The number of hydrogen-bond acceptors (Lipinski definition) is 4. The molecule has 2 bridgehead atoms. The maximum Gasteiger partial charge on any atom is 0.420 e. The summed E-state index contributed by atoms with van der Waals surface area (Å²) in [6, 6.07) is 0. The third-order valence-corrected chi connectivity index (χ3v) is 11.9. The predicted molar refractivity (Wildman–Crippen MR) is 95.5 cm³/mol. The topological polar surface area (TPSA) is 92.2 Å². The van der Waals surface area contributed by atoms with Crippen molar-refractivity contribution in [1.29, 1.82) is 0 Å². The van der Waals surface area contributed by atoms with E-state index in [-0.39, 0.29) is 34.6 Å². The first-order valence-electron chi connectivity index (χ1n) is 9.06. The van der Waals surface area contributed by atoms with E-state index in [2.05, 4.69) is 52.5 Å². The van der Waals surface area contributed by atoms with Crippen LogP contribution in [0.15, 0.2) is 0 Å². The molecule has 1 aliphatic heterocycles. The molecule has 0 aromatic carbocycles. The SMILES string of the molecule is CC1(C)[C@H]2CC[C@]3(CO[Si](C)(C)C(C)(C)C)OC(=O)C(=[N+]=[N-])[C@]2(O)[C@H]13. The fourth-order valence-corrected chi connectivity index (χ4v) is 6.32. The van der Waals surface area contributed by atoms with Gasteiger partial charge in [0.25, 0.3) is 0 Å². The number of nitrogens with zero attached hydrogens (tertiary/aromatic N) is 2. The third-order valence-electron chi connectivity index (χ3n) is 7.45. The highest BCUT2D eigenvalue weighted by Crippen LogP contribution is 2.70. The molecule has 3 fully saturated rings. The highest BCUT2D eigenvalue weighted by Gasteiger charge is 2.84. The van der Waals surface area contributed by atoms with Crippen molar-refractivity contribution in [3.63, 3.8) is 0 Å². The van der Waals surface area contributed by atoms with Crippen LogP contribution < -0.4 is 0 Å². The molecule has 4 atom stereocenters. The van der Waals surface area contributed by atoms with Gasteiger partial charge in [0.1, 0.15) is 5.60 Å². The molecule has 6 nitrogen and oxygen atoms in total. The summed E-state index contributed by atoms with van der Waals surface area (Å²) in [6.45, 7) is 15.3. The fraction of sp³-hybridized carbons (Fsp3) is 0.889. The molecule has 3 rings (SSSR count). The molecular weight excluding hydrogens is 336 g/mol. The van der Waals surface area contributed by atoms with Crippen molar-refractivity contribution >= 4 is 20.0 Å². The lowest BCUT2D eigenvalue weighted by molar-refractivity contribution is -0.328. The van der Waals surface area contributed by atoms with E-state index in [1.165, 1.54) is 0 Å². The third kappa shape index (κ3) is 2.19. The van der Waals surface area contributed by atoms with Crippen LogP contribution in [0.1, 0.15) is 47.5 Å². The van der Waals surface area contributed by atoms with Gasteiger partial charge in [-0.1, -0.05) is 34.6 Å². The highest BCUT2D eigenvalue weighted by molar-refractivity contribution is 6.74. The first-order chi connectivity index (χ1) is 11.2. The van der Waals surface area contributed by atoms with E-state index in [0.717, 1.165) is 0 Å². The molecule has 2 aliphatic carbocycles. The molecule has 1 saturated heterocycles. The lowest BCUT2D eigenvalue weighted by Gasteiger charge is -2.71. The Morgan fingerprint density at radius 1 is 1.40 bits per heavy atom. The summed E-state index contributed by atoms with van der Waals surface area (Å²) >= 11 is 0. The summed E-state index contributed by atoms with van der Waals surface area (Å²) in [6.07, 6.45) is 1.39. The van der Waals surface area contributed by atoms with Crippen LogP contribution in [0, 0.1) is 17.3 Å². The van der Waals surface area contributed by atoms with Gasteiger partial charge in [-0.05, 0) is 36.4 Å². The normalized spacial score (nSPS) is 39.4. The summed E-state index contributed by atoms with van der Waals surface area (Å²) in [5.41, 5.74) is 6.58. The number of carbonyl (C=O) groups is 1. The summed E-state index contributed by atoms with van der Waals surface area (Å²) < 4.78 is 12.2. The highest BCUT2D eigenvalue weighted by atomic mass is 28.4. The van der Waals surface area contributed by atoms with Crippen LogP contribution in [-0.2, 0) is 14.0 Å². The van der Waals surface area contributed by atoms with Crippen LogP contribution in [-0.4, -0.2) is 47.7 Å². The van der Waals surface area contributed by atoms with E-state index >= 15 is 0 Å². The first-order valence-corrected chi connectivity index (χ1v) is 12.0. The fourth-order valence-electron chi connectivity index (χ4n) is 5.28. The van der Waals surface area contributed by atoms with Crippen molar-refractivity contribution in [2.45, 2.75) is 76.8 Å². The Bertz CT molecular complexity index is 677. The lowest BCUT2D eigenvalue weighted by Crippen LogP contribution is -2.85. The quantitative estimate of drug-likeness (QED) is 0.360. The molecule has 25 heavy (non-hydrogen) atoms. The van der Waals surface area contributed by atoms with Gasteiger partial charge in [-0.2, -0.15) is 4.79 Å². The second kappa shape index (κ2) is 5.03. The minimum Gasteiger partial charge on any atom is -0.448 e. The number of aliphatic hydroxyl groups is 1. The van der Waals surface area contributed by atoms with Crippen LogP contribution in [0.25, 0.3) is 5.53 Å². The molecule has 3 aliphatic rings. The number of carbonyl (C=O) groups excluding carboxylic acids is 1. The molecule has 2 saturated carbocycles. The minimum atomic E-state index is -2.03. The Labute approximate surface area is 150 Å². The zero-order valence-corrected chi connectivity index (χ0v) is 17.3. The average molecular weight is 367 g/mol. The van der Waals surface area contributed by atoms with Crippen molar-refractivity contribution in [3.05, 3.63) is 5.53 Å². The van der Waals surface area contributed by atoms with Crippen molar-refractivity contribution in [3.8, 4) is 0 Å². The Kier molecular flexibility index (Phi) is 3.78. The van der Waals surface area contributed by atoms with E-state index in [9.17, 15) is 15.4 Å². The van der Waals surface area contributed by atoms with Gasteiger partial charge in [-0.3, -0.25) is 0 Å². The molecule has 0 unspecified atom stereocenters. The average Bonchev–Trinajstić information content (AvgIpc) is 2.43. The van der Waals surface area contributed by atoms with E-state index in [1.807, 2.05) is 0 Å². The number of hydrogen-bond donors (Lipinski definition) is 1. The first kappa shape index (κ1) is 18.8. The molecule has 0 radical (unpaired) electrons. The van der Waals surface area contributed by atoms with E-state index < -0.39 is 25.5 Å². The second-order valence-corrected chi connectivity index (χ2v) is 14.9. The number of esters is 1. The van der Waals surface area contributed by atoms with Gasteiger partial charge in [0.2, 0.25) is 0 Å². The van der Waals surface area contributed by atoms with Gasteiger partial charge in [-0.25, -0.2) is 4.79 Å². The van der Waals surface area contributed by atoms with Gasteiger partial charge in [0, 0.05) is 11.8 Å². The molecular formula is C18H30N2O4Si. The van der Waals surface area contributed by atoms with E-state index in [4.69, 9.17) is 9.16 Å². The molecule has 0 aromatic heterocycles. The summed E-state index contributed by atoms with van der Waals surface area (Å²) in [7, 11) is -2.03. The Morgan fingerprint density at radius 3 is 2.48 bits per heavy atom. The van der Waals surface area contributed by atoms with Gasteiger partial charge in [0.15, 0.2) is 13.9 Å². The standard InChI is InChI=1S/C18H30N2O4Si/c1-15(2,3)25(6,7)23-10-17-9-8-11-16(4,5)14(17)18(11,22)12(20-19)13(21)24-17/h11,14,22H,8-10H2,1-7H3/t11-,14-,17-,18+/m1/s1. The van der Waals surface area contributed by atoms with Crippen LogP contribution in [0.3, 0.4) is 0 Å². The molecule has 0 spiro atoms. The van der Waals surface area contributed by atoms with Crippen molar-refractivity contribution in [2.24, 2.45) is 17.3 Å². The van der Waals surface area contributed by atoms with E-state index in [1.54, 1.807) is 0 Å². The zero-order valence-electron chi connectivity index (χ0n) is 16.3. The zero-order chi connectivity index (χ0) is 19.1. The lowest BCUT2D eigenvalue weighted by atomic mass is 9.35. The molecule has 7 heteroatoms. The molecule has 140 valence electrons. The number of rotatable bonds is 3. The smallest absolute Gasteiger partial charge is 0.420 e. The molecule has 1 N–H and O–H groups in total. The van der Waals surface area contributed by atoms with Crippen LogP contribution in [0.2, 0.25) is 18.1 Å². The largest absolute Gasteiger partial charge is 0.448 e. The summed E-state index contributed by atoms with van der Waals surface area (Å²) in [5.74, 6) is -1.15. The maximum atomic E-state index is 12.4. The number of fused-ring (bicyclic) bond motifs is 2. The Hall–Kier alpha value is -1.01. The van der Waals surface area contributed by atoms with Gasteiger partial charge < -0.3 is 19.8 Å². The van der Waals surface area contributed by atoms with Crippen LogP contribution in [0.5, 0.6) is 0 Å². The van der Waals surface area contributed by atoms with Gasteiger partial charge in [0.05, 0.1) is 6.61 Å². The van der Waals surface area contributed by atoms with Crippen molar-refractivity contribution < 1.29 is 23.9 Å². The Morgan fingerprint density at radius 2 is 2.00 bits per heavy atom. The van der Waals surface area contributed by atoms with Crippen LogP contribution >= 0.6 is 0 Å². The Balaban J connectivity index is 1.98. The summed E-state index contributed by atoms with van der Waals surface area (Å²) in [5, 5.41) is 11.3. The molecule has 0 aromatic rings. The number of ether oxygens (including phenoxy) is 1. The minimum absolute atomic E-state index is 0.0443. The molecule has 1 heterocycles. The van der Waals surface area contributed by atoms with Crippen LogP contribution in [0.4, 0.5) is 0 Å². The molecule has 0 amide bonds. The monoisotopic (exact) mass is 366 g/mol. The van der Waals surface area contributed by atoms with Crippen molar-refractivity contribution in [2.75, 3.05) is 6.61 Å². The summed E-state index contributed by atoms with van der Waals surface area (Å²) in [4.78, 5) is 15.5. The van der Waals surface area contributed by atoms with Crippen molar-refractivity contribution in [1.82, 2.24) is 0 Å². The predicted octanol–water partition coefficient (Wildman–Crippen LogP) is 2.77.